The Balaban J connectivity index is 1.54. The van der Waals surface area contributed by atoms with Crippen molar-refractivity contribution in [3.05, 3.63) is 35.8 Å². The number of amides is 1. The number of ether oxygens (including phenoxy) is 1. The minimum Gasteiger partial charge on any atom is -0.480 e. The summed E-state index contributed by atoms with van der Waals surface area (Å²) < 4.78 is 69.6. The molecule has 2 aliphatic rings. The minimum absolute atomic E-state index is 0.0782. The van der Waals surface area contributed by atoms with E-state index < -0.39 is 37.0 Å². The minimum atomic E-state index is -2.89. The van der Waals surface area contributed by atoms with E-state index in [-0.39, 0.29) is 43.2 Å². The maximum atomic E-state index is 14.1. The average molecular weight is 478 g/mol. The summed E-state index contributed by atoms with van der Waals surface area (Å²) in [6, 6.07) is 2.25. The quantitative estimate of drug-likeness (QED) is 0.496. The number of halogens is 3. The van der Waals surface area contributed by atoms with E-state index in [1.54, 1.807) is 6.07 Å². The molecule has 0 spiro atoms. The second-order valence-electron chi connectivity index (χ2n) is 8.73. The summed E-state index contributed by atoms with van der Waals surface area (Å²) in [5, 5.41) is 9.61. The largest absolute Gasteiger partial charge is 0.480 e. The fourth-order valence-corrected chi connectivity index (χ4v) is 4.62. The molecule has 34 heavy (non-hydrogen) atoms. The van der Waals surface area contributed by atoms with Gasteiger partial charge in [-0.05, 0) is 30.0 Å². The first kappa shape index (κ1) is 19.0. The second-order valence-corrected chi connectivity index (χ2v) is 8.73. The first-order valence-electron chi connectivity index (χ1n) is 12.2. The number of alkyl halides is 3. The number of aromatic nitrogens is 4. The molecule has 2 atom stereocenters. The fourth-order valence-electron chi connectivity index (χ4n) is 4.62. The lowest BCUT2D eigenvalue weighted by Crippen LogP contribution is -2.41. The number of rotatable bonds is 6. The summed E-state index contributed by atoms with van der Waals surface area (Å²) in [4.78, 5) is 21.2. The van der Waals surface area contributed by atoms with Gasteiger partial charge in [0.1, 0.15) is 23.6 Å². The van der Waals surface area contributed by atoms with Gasteiger partial charge >= 0.3 is 0 Å². The van der Waals surface area contributed by atoms with Gasteiger partial charge in [0.25, 0.3) is 5.91 Å². The number of anilines is 1. The number of nitrogens with one attached hydrogen (secondary N) is 2. The Kier molecular flexibility index (Phi) is 4.70. The first-order chi connectivity index (χ1) is 17.4. The van der Waals surface area contributed by atoms with Gasteiger partial charge in [0.2, 0.25) is 11.8 Å². The summed E-state index contributed by atoms with van der Waals surface area (Å²) in [6.07, 6.45) is 1.08. The monoisotopic (exact) mass is 478 g/mol. The highest BCUT2D eigenvalue weighted by Gasteiger charge is 2.45. The number of hydrogen-bond donors (Lipinski definition) is 3. The maximum Gasteiger partial charge on any atom is 0.257 e. The predicted molar refractivity (Wildman–Crippen MR) is 118 cm³/mol. The average Bonchev–Trinajstić information content (AvgIpc) is 3.36. The van der Waals surface area contributed by atoms with Crippen molar-refractivity contribution in [2.24, 2.45) is 5.92 Å². The van der Waals surface area contributed by atoms with Crippen LogP contribution in [0, 0.1) is 5.92 Å². The zero-order valence-corrected chi connectivity index (χ0v) is 17.9. The number of carbonyl (C=O) groups excluding carboxylic acids is 1. The van der Waals surface area contributed by atoms with Crippen LogP contribution in [0.4, 0.5) is 19.0 Å². The van der Waals surface area contributed by atoms with Crippen LogP contribution in [-0.2, 0) is 6.42 Å². The zero-order chi connectivity index (χ0) is 26.5. The molecular formula is C22H24F3N7O2. The number of nitrogens with zero attached hydrogens (tertiary/aromatic N) is 4. The van der Waals surface area contributed by atoms with Crippen LogP contribution >= 0.6 is 0 Å². The third-order valence-electron chi connectivity index (χ3n) is 6.29. The second kappa shape index (κ2) is 8.42. The standard InChI is InChI=1S/C22H24F3N7O2/c1-34-21-14(20(33)31-16-9-27-8-15(16)23)3-13(7-28-21)17-4-12(2-11-5-22(24,25)6-11)18-19(26)29-10-30-32(17)18/h3-4,7,10-11,15-16,27H,2,5-6,8-9H2,1H3,(H,31,33)(H2,26,29,30)/t15-,16+/m0/s1/i1D3. The zero-order valence-electron chi connectivity index (χ0n) is 20.9. The van der Waals surface area contributed by atoms with Crippen LogP contribution in [0.25, 0.3) is 16.8 Å². The molecular weight excluding hydrogens is 451 g/mol. The molecule has 5 rings (SSSR count). The topological polar surface area (TPSA) is 119 Å². The van der Waals surface area contributed by atoms with Gasteiger partial charge in [-0.15, -0.1) is 0 Å². The molecule has 180 valence electrons. The number of methoxy groups -OCH3 is 1. The molecule has 12 heteroatoms. The van der Waals surface area contributed by atoms with Crippen LogP contribution in [0.5, 0.6) is 5.88 Å². The van der Waals surface area contributed by atoms with Gasteiger partial charge < -0.3 is 21.1 Å². The van der Waals surface area contributed by atoms with Crippen LogP contribution in [0.3, 0.4) is 0 Å². The molecule has 1 aliphatic carbocycles. The molecule has 3 aromatic heterocycles. The summed E-state index contributed by atoms with van der Waals surface area (Å²) in [5.41, 5.74) is 7.75. The van der Waals surface area contributed by atoms with Crippen molar-refractivity contribution in [3.8, 4) is 17.1 Å². The molecule has 1 aliphatic heterocycles. The molecule has 1 saturated carbocycles. The molecule has 0 radical (unpaired) electrons. The van der Waals surface area contributed by atoms with Gasteiger partial charge in [0.05, 0.1) is 22.9 Å². The van der Waals surface area contributed by atoms with Crippen LogP contribution < -0.4 is 21.1 Å². The highest BCUT2D eigenvalue weighted by Crippen LogP contribution is 2.45. The van der Waals surface area contributed by atoms with E-state index in [9.17, 15) is 18.0 Å². The molecule has 0 bridgehead atoms. The van der Waals surface area contributed by atoms with Crippen LogP contribution in [0.2, 0.25) is 0 Å². The van der Waals surface area contributed by atoms with E-state index in [2.05, 4.69) is 25.7 Å². The summed E-state index contributed by atoms with van der Waals surface area (Å²) >= 11 is 0. The first-order valence-corrected chi connectivity index (χ1v) is 10.7. The summed E-state index contributed by atoms with van der Waals surface area (Å²) in [5.74, 6) is -3.98. The number of hydrogen-bond acceptors (Lipinski definition) is 7. The lowest BCUT2D eigenvalue weighted by atomic mass is 9.77. The van der Waals surface area contributed by atoms with Gasteiger partial charge in [0.15, 0.2) is 5.82 Å². The van der Waals surface area contributed by atoms with Crippen molar-refractivity contribution in [2.45, 2.75) is 37.4 Å². The van der Waals surface area contributed by atoms with Crippen molar-refractivity contribution >= 4 is 17.2 Å². The number of carbonyl (C=O) groups is 1. The summed E-state index contributed by atoms with van der Waals surface area (Å²) in [7, 11) is -2.89. The molecule has 9 nitrogen and oxygen atoms in total. The van der Waals surface area contributed by atoms with Crippen LogP contribution in [0.15, 0.2) is 24.7 Å². The van der Waals surface area contributed by atoms with Gasteiger partial charge in [-0.1, -0.05) is 0 Å². The highest BCUT2D eigenvalue weighted by atomic mass is 19.3. The Bertz CT molecular complexity index is 1340. The Morgan fingerprint density at radius 2 is 2.21 bits per heavy atom. The molecule has 2 fully saturated rings. The molecule has 1 amide bonds. The molecule has 4 N–H and O–H groups in total. The van der Waals surface area contributed by atoms with E-state index in [1.165, 1.54) is 23.1 Å². The third-order valence-corrected chi connectivity index (χ3v) is 6.29. The third kappa shape index (κ3) is 4.02. The van der Waals surface area contributed by atoms with E-state index in [0.717, 1.165) is 0 Å². The van der Waals surface area contributed by atoms with Crippen LogP contribution in [-0.4, -0.2) is 63.8 Å². The van der Waals surface area contributed by atoms with Gasteiger partial charge in [-0.2, -0.15) is 5.10 Å². The number of nitrogen functional groups attached to an aromatic ring is 1. The lowest BCUT2D eigenvalue weighted by Gasteiger charge is -2.34. The van der Waals surface area contributed by atoms with E-state index in [0.29, 0.717) is 28.8 Å². The Morgan fingerprint density at radius 3 is 2.91 bits per heavy atom. The van der Waals surface area contributed by atoms with E-state index >= 15 is 0 Å². The fraction of sp³-hybridized carbons (Fsp3) is 0.455. The Hall–Kier alpha value is -3.41. The number of nitrogens with two attached hydrogens (primary N) is 1. The van der Waals surface area contributed by atoms with E-state index in [1.807, 2.05) is 0 Å². The molecule has 4 heterocycles. The Morgan fingerprint density at radius 1 is 1.38 bits per heavy atom. The molecule has 0 unspecified atom stereocenters. The van der Waals surface area contributed by atoms with Crippen molar-refractivity contribution in [3.63, 3.8) is 0 Å². The predicted octanol–water partition coefficient (Wildman–Crippen LogP) is 2.01. The summed E-state index contributed by atoms with van der Waals surface area (Å²) in [6.45, 7) is 0.285. The van der Waals surface area contributed by atoms with Crippen molar-refractivity contribution < 1.29 is 26.8 Å². The molecule has 1 saturated heterocycles. The van der Waals surface area contributed by atoms with Crippen LogP contribution in [0.1, 0.15) is 32.9 Å². The van der Waals surface area contributed by atoms with Crippen molar-refractivity contribution in [1.82, 2.24) is 30.2 Å². The number of pyridine rings is 1. The highest BCUT2D eigenvalue weighted by molar-refractivity contribution is 5.98. The smallest absolute Gasteiger partial charge is 0.257 e. The molecule has 0 aromatic carbocycles. The van der Waals surface area contributed by atoms with Gasteiger partial charge in [-0.25, -0.2) is 27.7 Å². The van der Waals surface area contributed by atoms with Crippen molar-refractivity contribution in [2.75, 3.05) is 25.9 Å². The SMILES string of the molecule is [2H]C([2H])([2H])Oc1ncc(-c2cc(CC3CC(F)(F)C3)c3c(N)ncnn23)cc1C(=O)N[C@@H]1CNC[C@@H]1F. The van der Waals surface area contributed by atoms with Gasteiger partial charge in [0, 0.05) is 37.7 Å². The maximum absolute atomic E-state index is 14.1. The van der Waals surface area contributed by atoms with E-state index in [4.69, 9.17) is 14.6 Å². The molecule has 3 aromatic rings. The lowest BCUT2D eigenvalue weighted by molar-refractivity contribution is -0.109. The van der Waals surface area contributed by atoms with Crippen molar-refractivity contribution in [1.29, 1.82) is 0 Å². The Labute approximate surface area is 197 Å². The number of fused-ring (bicyclic) bond motifs is 1. The van der Waals surface area contributed by atoms with Gasteiger partial charge in [-0.3, -0.25) is 4.79 Å². The normalized spacial score (nSPS) is 23.7.